The first kappa shape index (κ1) is 21.9. The lowest BCUT2D eigenvalue weighted by Gasteiger charge is -2.32. The Morgan fingerprint density at radius 2 is 1.74 bits per heavy atom. The summed E-state index contributed by atoms with van der Waals surface area (Å²) in [6.45, 7) is 2.56. The standard InChI is InChI=1S/C26H23ClN6O/c1-18-7-5-6-10-21(18)16-28-25(34)17-32-23(20-11-13-22(27)14-12-20)15-24(19-8-3-2-4-9-19)33-26(32)29-30-31-33/h2-15,24H,16-17H2,1H3,(H,28,34)/t24-/m0/s1. The molecule has 0 saturated carbocycles. The average molecular weight is 471 g/mol. The minimum Gasteiger partial charge on any atom is -0.350 e. The topological polar surface area (TPSA) is 75.9 Å². The van der Waals surface area contributed by atoms with Gasteiger partial charge in [-0.1, -0.05) is 83.4 Å². The number of aryl methyl sites for hydroxylation is 1. The van der Waals surface area contributed by atoms with Gasteiger partial charge in [-0.2, -0.15) is 4.68 Å². The van der Waals surface area contributed by atoms with Gasteiger partial charge in [0.25, 0.3) is 5.95 Å². The molecule has 5 rings (SSSR count). The maximum Gasteiger partial charge on any atom is 0.251 e. The van der Waals surface area contributed by atoms with Crippen molar-refractivity contribution in [3.8, 4) is 0 Å². The van der Waals surface area contributed by atoms with Crippen LogP contribution >= 0.6 is 11.6 Å². The number of anilines is 1. The van der Waals surface area contributed by atoms with Gasteiger partial charge in [-0.05, 0) is 57.8 Å². The molecule has 1 aromatic heterocycles. The summed E-state index contributed by atoms with van der Waals surface area (Å²) in [6, 6.07) is 25.4. The van der Waals surface area contributed by atoms with Crippen LogP contribution in [0.25, 0.3) is 5.70 Å². The van der Waals surface area contributed by atoms with E-state index in [1.54, 1.807) is 4.68 Å². The predicted octanol–water partition coefficient (Wildman–Crippen LogP) is 4.40. The Kier molecular flexibility index (Phi) is 6.10. The van der Waals surface area contributed by atoms with E-state index in [1.807, 2.05) is 90.7 Å². The van der Waals surface area contributed by atoms with E-state index in [-0.39, 0.29) is 18.5 Å². The number of tetrazole rings is 1. The number of allylic oxidation sites excluding steroid dienone is 1. The van der Waals surface area contributed by atoms with Gasteiger partial charge in [0.05, 0.1) is 5.70 Å². The highest BCUT2D eigenvalue weighted by Crippen LogP contribution is 2.36. The van der Waals surface area contributed by atoms with Gasteiger partial charge in [0, 0.05) is 11.6 Å². The van der Waals surface area contributed by atoms with Gasteiger partial charge in [0.15, 0.2) is 0 Å². The lowest BCUT2D eigenvalue weighted by atomic mass is 10.0. The number of rotatable bonds is 6. The largest absolute Gasteiger partial charge is 0.350 e. The van der Waals surface area contributed by atoms with Crippen LogP contribution in [-0.4, -0.2) is 32.7 Å². The maximum atomic E-state index is 13.0. The van der Waals surface area contributed by atoms with E-state index in [9.17, 15) is 4.79 Å². The molecule has 7 nitrogen and oxygen atoms in total. The molecule has 1 aliphatic rings. The van der Waals surface area contributed by atoms with Crippen molar-refractivity contribution in [3.63, 3.8) is 0 Å². The number of benzene rings is 3. The minimum absolute atomic E-state index is 0.0717. The van der Waals surface area contributed by atoms with Gasteiger partial charge in [-0.25, -0.2) is 0 Å². The monoisotopic (exact) mass is 470 g/mol. The second-order valence-corrected chi connectivity index (χ2v) is 8.56. The molecular formula is C26H23ClN6O. The van der Waals surface area contributed by atoms with Gasteiger partial charge in [-0.15, -0.1) is 0 Å². The zero-order valence-corrected chi connectivity index (χ0v) is 19.4. The molecule has 1 N–H and O–H groups in total. The van der Waals surface area contributed by atoms with Gasteiger partial charge in [-0.3, -0.25) is 9.69 Å². The molecule has 4 aromatic rings. The number of halogens is 1. The van der Waals surface area contributed by atoms with E-state index < -0.39 is 0 Å². The van der Waals surface area contributed by atoms with Crippen molar-refractivity contribution in [3.05, 3.63) is 112 Å². The van der Waals surface area contributed by atoms with Gasteiger partial charge < -0.3 is 5.32 Å². The van der Waals surface area contributed by atoms with Crippen molar-refractivity contribution in [1.82, 2.24) is 25.5 Å². The molecule has 0 saturated heterocycles. The molecule has 0 fully saturated rings. The van der Waals surface area contributed by atoms with E-state index in [0.717, 1.165) is 28.0 Å². The fraction of sp³-hybridized carbons (Fsp3) is 0.154. The Bertz CT molecular complexity index is 1330. The smallest absolute Gasteiger partial charge is 0.251 e. The summed E-state index contributed by atoms with van der Waals surface area (Å²) in [5.74, 6) is 0.378. The van der Waals surface area contributed by atoms with Crippen molar-refractivity contribution in [2.45, 2.75) is 19.5 Å². The number of amides is 1. The third kappa shape index (κ3) is 4.43. The van der Waals surface area contributed by atoms with Crippen LogP contribution in [0.3, 0.4) is 0 Å². The van der Waals surface area contributed by atoms with E-state index in [4.69, 9.17) is 11.6 Å². The summed E-state index contributed by atoms with van der Waals surface area (Å²) in [7, 11) is 0. The van der Waals surface area contributed by atoms with E-state index in [0.29, 0.717) is 17.5 Å². The Balaban J connectivity index is 1.47. The molecule has 0 spiro atoms. The highest BCUT2D eigenvalue weighted by molar-refractivity contribution is 6.30. The number of carbonyl (C=O) groups is 1. The van der Waals surface area contributed by atoms with Crippen LogP contribution in [0.2, 0.25) is 5.02 Å². The quantitative estimate of drug-likeness (QED) is 0.452. The predicted molar refractivity (Wildman–Crippen MR) is 132 cm³/mol. The minimum atomic E-state index is -0.205. The van der Waals surface area contributed by atoms with Gasteiger partial charge in [0.2, 0.25) is 5.91 Å². The highest BCUT2D eigenvalue weighted by atomic mass is 35.5. The molecule has 1 atom stereocenters. The summed E-state index contributed by atoms with van der Waals surface area (Å²) in [5.41, 5.74) is 5.03. The molecule has 34 heavy (non-hydrogen) atoms. The van der Waals surface area contributed by atoms with Crippen LogP contribution in [0.15, 0.2) is 84.9 Å². The second-order valence-electron chi connectivity index (χ2n) is 8.13. The number of hydrogen-bond acceptors (Lipinski definition) is 5. The summed E-state index contributed by atoms with van der Waals surface area (Å²) in [5, 5.41) is 16.1. The second kappa shape index (κ2) is 9.49. The van der Waals surface area contributed by atoms with Crippen molar-refractivity contribution >= 4 is 29.2 Å². The van der Waals surface area contributed by atoms with Crippen LogP contribution in [0.5, 0.6) is 0 Å². The lowest BCUT2D eigenvalue weighted by molar-refractivity contribution is -0.119. The molecule has 8 heteroatoms. The number of aromatic nitrogens is 4. The molecular weight excluding hydrogens is 448 g/mol. The van der Waals surface area contributed by atoms with Crippen molar-refractivity contribution < 1.29 is 4.79 Å². The molecule has 3 aromatic carbocycles. The average Bonchev–Trinajstić information content (AvgIpc) is 3.35. The normalized spacial score (nSPS) is 14.9. The van der Waals surface area contributed by atoms with Crippen LogP contribution in [0.1, 0.15) is 28.3 Å². The Hall–Kier alpha value is -3.97. The third-order valence-corrected chi connectivity index (χ3v) is 6.16. The molecule has 1 amide bonds. The van der Waals surface area contributed by atoms with E-state index in [1.165, 1.54) is 0 Å². The zero-order chi connectivity index (χ0) is 23.5. The number of nitrogens with one attached hydrogen (secondary N) is 1. The summed E-state index contributed by atoms with van der Waals surface area (Å²) < 4.78 is 1.74. The van der Waals surface area contributed by atoms with E-state index in [2.05, 4.69) is 26.9 Å². The van der Waals surface area contributed by atoms with Gasteiger partial charge in [0.1, 0.15) is 12.6 Å². The van der Waals surface area contributed by atoms with Crippen molar-refractivity contribution in [1.29, 1.82) is 0 Å². The number of fused-ring (bicyclic) bond motifs is 1. The first-order chi connectivity index (χ1) is 16.6. The third-order valence-electron chi connectivity index (χ3n) is 5.91. The number of nitrogens with zero attached hydrogens (tertiary/aromatic N) is 5. The molecule has 0 unspecified atom stereocenters. The van der Waals surface area contributed by atoms with Crippen molar-refractivity contribution in [2.75, 3.05) is 11.4 Å². The molecule has 0 bridgehead atoms. The Morgan fingerprint density at radius 1 is 1.00 bits per heavy atom. The summed E-state index contributed by atoms with van der Waals surface area (Å²) in [4.78, 5) is 14.9. The fourth-order valence-electron chi connectivity index (χ4n) is 4.08. The number of hydrogen-bond donors (Lipinski definition) is 1. The summed E-state index contributed by atoms with van der Waals surface area (Å²) in [6.07, 6.45) is 2.08. The molecule has 0 radical (unpaired) electrons. The molecule has 2 heterocycles. The molecule has 1 aliphatic heterocycles. The van der Waals surface area contributed by atoms with Crippen LogP contribution < -0.4 is 10.2 Å². The fourth-order valence-corrected chi connectivity index (χ4v) is 4.21. The first-order valence-electron chi connectivity index (χ1n) is 11.0. The summed E-state index contributed by atoms with van der Waals surface area (Å²) >= 11 is 6.14. The maximum absolute atomic E-state index is 13.0. The lowest BCUT2D eigenvalue weighted by Crippen LogP contribution is -2.40. The highest BCUT2D eigenvalue weighted by Gasteiger charge is 2.31. The van der Waals surface area contributed by atoms with Crippen LogP contribution in [-0.2, 0) is 11.3 Å². The van der Waals surface area contributed by atoms with E-state index >= 15 is 0 Å². The Labute approximate surface area is 202 Å². The van der Waals surface area contributed by atoms with Crippen LogP contribution in [0, 0.1) is 6.92 Å². The molecule has 0 aliphatic carbocycles. The SMILES string of the molecule is Cc1ccccc1CNC(=O)CN1C(c2ccc(Cl)cc2)=C[C@@H](c2ccccc2)n2nnnc21. The molecule has 170 valence electrons. The van der Waals surface area contributed by atoms with Gasteiger partial charge >= 0.3 is 0 Å². The first-order valence-corrected chi connectivity index (χ1v) is 11.4. The Morgan fingerprint density at radius 3 is 2.50 bits per heavy atom. The zero-order valence-electron chi connectivity index (χ0n) is 18.6. The number of carbonyl (C=O) groups excluding carboxylic acids is 1. The van der Waals surface area contributed by atoms with Crippen molar-refractivity contribution in [2.24, 2.45) is 0 Å². The van der Waals surface area contributed by atoms with Crippen LogP contribution in [0.4, 0.5) is 5.95 Å².